The van der Waals surface area contributed by atoms with Crippen molar-refractivity contribution in [3.63, 3.8) is 0 Å². The quantitative estimate of drug-likeness (QED) is 0.841. The van der Waals surface area contributed by atoms with Crippen molar-refractivity contribution in [3.8, 4) is 5.75 Å². The van der Waals surface area contributed by atoms with Gasteiger partial charge >= 0.3 is 5.97 Å². The van der Waals surface area contributed by atoms with E-state index in [1.165, 1.54) is 0 Å². The summed E-state index contributed by atoms with van der Waals surface area (Å²) in [6.45, 7) is 1.71. The van der Waals surface area contributed by atoms with Crippen molar-refractivity contribution in [3.05, 3.63) is 29.0 Å². The van der Waals surface area contributed by atoms with Crippen molar-refractivity contribution >= 4 is 16.9 Å². The molecular formula is C17H18O5. The summed E-state index contributed by atoms with van der Waals surface area (Å²) in [7, 11) is 0. The number of carboxylic acid groups (broad SMARTS) is 1. The summed E-state index contributed by atoms with van der Waals surface area (Å²) in [5.41, 5.74) is 1.44. The lowest BCUT2D eigenvalue weighted by Crippen LogP contribution is -2.38. The lowest BCUT2D eigenvalue weighted by molar-refractivity contribution is -0.00845. The van der Waals surface area contributed by atoms with E-state index in [2.05, 4.69) is 0 Å². The number of furan rings is 1. The van der Waals surface area contributed by atoms with Gasteiger partial charge < -0.3 is 19.4 Å². The third-order valence-electron chi connectivity index (χ3n) is 5.03. The van der Waals surface area contributed by atoms with Crippen LogP contribution in [0, 0.1) is 6.92 Å². The maximum atomic E-state index is 11.3. The minimum Gasteiger partial charge on any atom is -0.487 e. The number of carboxylic acids is 1. The Kier molecular flexibility index (Phi) is 2.78. The molecule has 2 aromatic rings. The van der Waals surface area contributed by atoms with E-state index in [-0.39, 0.29) is 11.4 Å². The summed E-state index contributed by atoms with van der Waals surface area (Å²) in [6, 6.07) is 3.52. The van der Waals surface area contributed by atoms with Gasteiger partial charge in [0.1, 0.15) is 16.9 Å². The van der Waals surface area contributed by atoms with Crippen molar-refractivity contribution in [1.29, 1.82) is 0 Å². The van der Waals surface area contributed by atoms with Crippen molar-refractivity contribution in [1.82, 2.24) is 0 Å². The van der Waals surface area contributed by atoms with Gasteiger partial charge in [-0.15, -0.1) is 0 Å². The molecule has 5 nitrogen and oxygen atoms in total. The fraction of sp³-hybridized carbons (Fsp3) is 0.471. The molecule has 5 heteroatoms. The summed E-state index contributed by atoms with van der Waals surface area (Å²) in [5, 5.41) is 20.6. The Morgan fingerprint density at radius 2 is 2.05 bits per heavy atom. The minimum absolute atomic E-state index is 0.0725. The van der Waals surface area contributed by atoms with Gasteiger partial charge in [0, 0.05) is 22.9 Å². The van der Waals surface area contributed by atoms with Gasteiger partial charge in [0.2, 0.25) is 5.76 Å². The minimum atomic E-state index is -1.10. The van der Waals surface area contributed by atoms with E-state index in [0.717, 1.165) is 25.7 Å². The standard InChI is InChI=1S/C17H18O5/c1-9-13-11(21-15(9)16(19)20)4-5-12-14(13)10(18)8-17(22-12)6-2-3-7-17/h4-5,10,18H,2-3,6-8H2,1H3,(H,19,20)/t10-/m0/s1. The third-order valence-corrected chi connectivity index (χ3v) is 5.03. The van der Waals surface area contributed by atoms with Crippen LogP contribution in [0.5, 0.6) is 5.75 Å². The van der Waals surface area contributed by atoms with E-state index in [9.17, 15) is 15.0 Å². The van der Waals surface area contributed by atoms with Crippen LogP contribution < -0.4 is 4.74 Å². The Bertz CT molecular complexity index is 767. The monoisotopic (exact) mass is 302 g/mol. The summed E-state index contributed by atoms with van der Waals surface area (Å²) < 4.78 is 11.7. The zero-order valence-electron chi connectivity index (χ0n) is 12.4. The number of carbonyl (C=O) groups is 1. The summed E-state index contributed by atoms with van der Waals surface area (Å²) in [4.78, 5) is 11.3. The number of ether oxygens (including phenoxy) is 1. The molecule has 1 saturated carbocycles. The van der Waals surface area contributed by atoms with E-state index >= 15 is 0 Å². The number of aryl methyl sites for hydroxylation is 1. The number of hydrogen-bond acceptors (Lipinski definition) is 4. The van der Waals surface area contributed by atoms with Crippen LogP contribution in [-0.4, -0.2) is 21.8 Å². The number of fused-ring (bicyclic) bond motifs is 3. The van der Waals surface area contributed by atoms with Crippen LogP contribution in [0.1, 0.15) is 59.9 Å². The van der Waals surface area contributed by atoms with Crippen LogP contribution >= 0.6 is 0 Å². The molecular weight excluding hydrogens is 284 g/mol. The normalized spacial score (nSPS) is 22.7. The molecule has 1 aliphatic heterocycles. The topological polar surface area (TPSA) is 79.9 Å². The largest absolute Gasteiger partial charge is 0.487 e. The third kappa shape index (κ3) is 1.78. The van der Waals surface area contributed by atoms with Crippen LogP contribution in [0.25, 0.3) is 11.0 Å². The summed E-state index contributed by atoms with van der Waals surface area (Å²) in [5.74, 6) is -0.508. The van der Waals surface area contributed by atoms with Gasteiger partial charge in [-0.25, -0.2) is 4.79 Å². The first-order chi connectivity index (χ1) is 10.5. The number of rotatable bonds is 1. The van der Waals surface area contributed by atoms with E-state index in [0.29, 0.717) is 34.3 Å². The lowest BCUT2D eigenvalue weighted by Gasteiger charge is -2.38. The zero-order valence-corrected chi connectivity index (χ0v) is 12.4. The van der Waals surface area contributed by atoms with Crippen molar-refractivity contribution in [2.45, 2.75) is 50.7 Å². The Balaban J connectivity index is 1.91. The van der Waals surface area contributed by atoms with Crippen LogP contribution in [-0.2, 0) is 0 Å². The van der Waals surface area contributed by atoms with E-state index < -0.39 is 12.1 Å². The lowest BCUT2D eigenvalue weighted by atomic mass is 9.85. The molecule has 2 N–H and O–H groups in total. The highest BCUT2D eigenvalue weighted by Crippen LogP contribution is 2.50. The van der Waals surface area contributed by atoms with Gasteiger partial charge in [-0.1, -0.05) is 0 Å². The first-order valence-electron chi connectivity index (χ1n) is 7.67. The predicted octanol–water partition coefficient (Wildman–Crippen LogP) is 3.57. The molecule has 1 atom stereocenters. The number of aliphatic hydroxyl groups excluding tert-OH is 1. The molecule has 1 aromatic carbocycles. The first kappa shape index (κ1) is 13.6. The Labute approximate surface area is 127 Å². The fourth-order valence-corrected chi connectivity index (χ4v) is 4.03. The van der Waals surface area contributed by atoms with Gasteiger partial charge in [-0.2, -0.15) is 0 Å². The van der Waals surface area contributed by atoms with Gasteiger partial charge in [0.25, 0.3) is 0 Å². The average Bonchev–Trinajstić information content (AvgIpc) is 3.04. The second-order valence-corrected chi connectivity index (χ2v) is 6.42. The Hall–Kier alpha value is -2.01. The van der Waals surface area contributed by atoms with Crippen molar-refractivity contribution in [2.24, 2.45) is 0 Å². The molecule has 116 valence electrons. The molecule has 0 saturated heterocycles. The molecule has 1 aromatic heterocycles. The second-order valence-electron chi connectivity index (χ2n) is 6.42. The van der Waals surface area contributed by atoms with Crippen molar-refractivity contribution < 1.29 is 24.2 Å². The summed E-state index contributed by atoms with van der Waals surface area (Å²) >= 11 is 0. The predicted molar refractivity (Wildman–Crippen MR) is 79.3 cm³/mol. The highest BCUT2D eigenvalue weighted by Gasteiger charge is 2.43. The molecule has 2 heterocycles. The number of benzene rings is 1. The molecule has 0 unspecified atom stereocenters. The molecule has 4 rings (SSSR count). The number of hydrogen-bond donors (Lipinski definition) is 2. The molecule has 0 amide bonds. The van der Waals surface area contributed by atoms with E-state index in [1.54, 1.807) is 19.1 Å². The SMILES string of the molecule is Cc1c(C(=O)O)oc2ccc3c(c12)[C@@H](O)CC1(CCCC1)O3. The number of aliphatic hydroxyl groups is 1. The molecule has 22 heavy (non-hydrogen) atoms. The van der Waals surface area contributed by atoms with Gasteiger partial charge in [-0.05, 0) is 44.7 Å². The molecule has 0 bridgehead atoms. The maximum Gasteiger partial charge on any atom is 0.372 e. The van der Waals surface area contributed by atoms with Crippen LogP contribution in [0.15, 0.2) is 16.5 Å². The highest BCUT2D eigenvalue weighted by molar-refractivity contribution is 5.97. The average molecular weight is 302 g/mol. The fourth-order valence-electron chi connectivity index (χ4n) is 4.03. The van der Waals surface area contributed by atoms with Crippen LogP contribution in [0.2, 0.25) is 0 Å². The highest BCUT2D eigenvalue weighted by atomic mass is 16.5. The first-order valence-corrected chi connectivity index (χ1v) is 7.67. The molecule has 0 radical (unpaired) electrons. The smallest absolute Gasteiger partial charge is 0.372 e. The van der Waals surface area contributed by atoms with Crippen molar-refractivity contribution in [2.75, 3.05) is 0 Å². The van der Waals surface area contributed by atoms with E-state index in [1.807, 2.05) is 0 Å². The zero-order chi connectivity index (χ0) is 15.5. The second kappa shape index (κ2) is 4.49. The van der Waals surface area contributed by atoms with E-state index in [4.69, 9.17) is 9.15 Å². The number of aromatic carboxylic acids is 1. The van der Waals surface area contributed by atoms with Crippen LogP contribution in [0.4, 0.5) is 0 Å². The van der Waals surface area contributed by atoms with Gasteiger partial charge in [-0.3, -0.25) is 0 Å². The molecule has 1 fully saturated rings. The van der Waals surface area contributed by atoms with Gasteiger partial charge in [0.15, 0.2) is 0 Å². The molecule has 2 aliphatic rings. The van der Waals surface area contributed by atoms with Gasteiger partial charge in [0.05, 0.1) is 6.10 Å². The summed E-state index contributed by atoms with van der Waals surface area (Å²) in [6.07, 6.45) is 4.09. The Morgan fingerprint density at radius 3 is 2.73 bits per heavy atom. The Morgan fingerprint density at radius 1 is 1.32 bits per heavy atom. The van der Waals surface area contributed by atoms with Crippen LogP contribution in [0.3, 0.4) is 0 Å². The molecule has 1 spiro atoms. The maximum absolute atomic E-state index is 11.3. The molecule has 1 aliphatic carbocycles.